The van der Waals surface area contributed by atoms with Crippen molar-refractivity contribution >= 4 is 17.4 Å². The van der Waals surface area contributed by atoms with Crippen LogP contribution in [0.4, 0.5) is 0 Å². The van der Waals surface area contributed by atoms with Gasteiger partial charge in [-0.05, 0) is 53.9 Å². The second-order valence-electron chi connectivity index (χ2n) is 8.03. The maximum Gasteiger partial charge on any atom is 0.295 e. The first-order valence-electron chi connectivity index (χ1n) is 10.4. The van der Waals surface area contributed by atoms with Crippen molar-refractivity contribution in [1.82, 2.24) is 14.9 Å². The quantitative estimate of drug-likeness (QED) is 0.390. The SMILES string of the molecule is C[C@@H]1Cc2cc(C(O)=C3C(=O)C(=O)N(Cc4cccnc4)[C@H]3c3cccnc3)ccc2O1. The number of ether oxygens (including phenoxy) is 1. The Hall–Kier alpha value is -4.00. The van der Waals surface area contributed by atoms with E-state index in [0.717, 1.165) is 23.3 Å². The van der Waals surface area contributed by atoms with Crippen molar-refractivity contribution in [2.75, 3.05) is 0 Å². The Balaban J connectivity index is 1.62. The van der Waals surface area contributed by atoms with Gasteiger partial charge in [0.2, 0.25) is 0 Å². The van der Waals surface area contributed by atoms with Gasteiger partial charge in [0.1, 0.15) is 17.6 Å². The monoisotopic (exact) mass is 427 g/mol. The average molecular weight is 427 g/mol. The van der Waals surface area contributed by atoms with Crippen LogP contribution in [0.2, 0.25) is 0 Å². The van der Waals surface area contributed by atoms with Gasteiger partial charge in [-0.1, -0.05) is 12.1 Å². The maximum absolute atomic E-state index is 13.1. The summed E-state index contributed by atoms with van der Waals surface area (Å²) in [5.41, 5.74) is 2.93. The molecule has 2 atom stereocenters. The first kappa shape index (κ1) is 19.9. The topological polar surface area (TPSA) is 92.6 Å². The fraction of sp³-hybridized carbons (Fsp3) is 0.200. The van der Waals surface area contributed by atoms with Crippen LogP contribution in [-0.2, 0) is 22.6 Å². The molecule has 1 saturated heterocycles. The molecule has 2 aliphatic rings. The van der Waals surface area contributed by atoms with E-state index in [1.54, 1.807) is 55.1 Å². The smallest absolute Gasteiger partial charge is 0.295 e. The van der Waals surface area contributed by atoms with Crippen LogP contribution < -0.4 is 4.74 Å². The van der Waals surface area contributed by atoms with Gasteiger partial charge in [-0.3, -0.25) is 19.6 Å². The number of aliphatic hydroxyl groups excluding tert-OH is 1. The number of likely N-dealkylation sites (tertiary alicyclic amines) is 1. The van der Waals surface area contributed by atoms with Crippen molar-refractivity contribution in [2.45, 2.75) is 32.0 Å². The summed E-state index contributed by atoms with van der Waals surface area (Å²) in [5, 5.41) is 11.2. The van der Waals surface area contributed by atoms with Crippen molar-refractivity contribution < 1.29 is 19.4 Å². The highest BCUT2D eigenvalue weighted by molar-refractivity contribution is 6.46. The lowest BCUT2D eigenvalue weighted by atomic mass is 9.95. The predicted molar refractivity (Wildman–Crippen MR) is 117 cm³/mol. The molecule has 5 rings (SSSR count). The van der Waals surface area contributed by atoms with Crippen LogP contribution >= 0.6 is 0 Å². The summed E-state index contributed by atoms with van der Waals surface area (Å²) in [6, 6.07) is 11.7. The highest BCUT2D eigenvalue weighted by Crippen LogP contribution is 2.41. The number of nitrogens with zero attached hydrogens (tertiary/aromatic N) is 3. The van der Waals surface area contributed by atoms with Crippen molar-refractivity contribution in [1.29, 1.82) is 0 Å². The van der Waals surface area contributed by atoms with Crippen molar-refractivity contribution in [3.8, 4) is 5.75 Å². The van der Waals surface area contributed by atoms with Gasteiger partial charge in [0.15, 0.2) is 0 Å². The number of amides is 1. The average Bonchev–Trinajstić information content (AvgIpc) is 3.31. The minimum Gasteiger partial charge on any atom is -0.507 e. The molecule has 1 amide bonds. The van der Waals surface area contributed by atoms with Gasteiger partial charge in [0, 0.05) is 43.3 Å². The van der Waals surface area contributed by atoms with Gasteiger partial charge in [-0.15, -0.1) is 0 Å². The molecule has 0 saturated carbocycles. The number of aromatic nitrogens is 2. The van der Waals surface area contributed by atoms with Crippen LogP contribution in [-0.4, -0.2) is 37.8 Å². The van der Waals surface area contributed by atoms with Crippen molar-refractivity contribution in [3.63, 3.8) is 0 Å². The summed E-state index contributed by atoms with van der Waals surface area (Å²) in [6.07, 6.45) is 7.31. The number of benzene rings is 1. The van der Waals surface area contributed by atoms with E-state index in [1.807, 2.05) is 19.1 Å². The van der Waals surface area contributed by atoms with E-state index in [4.69, 9.17) is 4.74 Å². The minimum atomic E-state index is -0.757. The Bertz CT molecular complexity index is 1220. The summed E-state index contributed by atoms with van der Waals surface area (Å²) in [6.45, 7) is 2.16. The molecule has 2 aliphatic heterocycles. The van der Waals surface area contributed by atoms with Gasteiger partial charge >= 0.3 is 0 Å². The molecule has 7 heteroatoms. The van der Waals surface area contributed by atoms with Crippen LogP contribution in [0.1, 0.15) is 35.2 Å². The molecule has 3 aromatic rings. The van der Waals surface area contributed by atoms with E-state index in [0.29, 0.717) is 11.1 Å². The number of fused-ring (bicyclic) bond motifs is 1. The Labute approximate surface area is 185 Å². The standard InChI is InChI=1S/C25H21N3O4/c1-15-10-19-11-17(6-7-20(19)32-15)23(29)21-22(18-5-3-9-27-13-18)28(25(31)24(21)30)14-16-4-2-8-26-12-16/h2-9,11-13,15,22,29H,10,14H2,1H3/t15-,22+/m1/s1. The summed E-state index contributed by atoms with van der Waals surface area (Å²) in [7, 11) is 0. The number of ketones is 1. The second-order valence-corrected chi connectivity index (χ2v) is 8.03. The van der Waals surface area contributed by atoms with Crippen LogP contribution in [0.25, 0.3) is 5.76 Å². The van der Waals surface area contributed by atoms with Crippen LogP contribution in [0.15, 0.2) is 72.8 Å². The van der Waals surface area contributed by atoms with Gasteiger partial charge in [0.05, 0.1) is 11.6 Å². The van der Waals surface area contributed by atoms with Crippen molar-refractivity contribution in [3.05, 3.63) is 95.1 Å². The minimum absolute atomic E-state index is 0.0544. The molecule has 2 aromatic heterocycles. The molecule has 160 valence electrons. The van der Waals surface area contributed by atoms with Crippen molar-refractivity contribution in [2.24, 2.45) is 0 Å². The first-order valence-corrected chi connectivity index (χ1v) is 10.4. The molecule has 0 radical (unpaired) electrons. The first-order chi connectivity index (χ1) is 15.5. The summed E-state index contributed by atoms with van der Waals surface area (Å²) in [5.74, 6) is -0.809. The number of Topliss-reactive ketones (excluding diaryl/α,β-unsaturated/α-hetero) is 1. The molecule has 1 N–H and O–H groups in total. The molecule has 4 heterocycles. The molecule has 1 fully saturated rings. The van der Waals surface area contributed by atoms with E-state index in [-0.39, 0.29) is 24.0 Å². The number of hydrogen-bond donors (Lipinski definition) is 1. The lowest BCUT2D eigenvalue weighted by molar-refractivity contribution is -0.140. The third-order valence-electron chi connectivity index (χ3n) is 5.79. The molecule has 0 spiro atoms. The van der Waals surface area contributed by atoms with Crippen LogP contribution in [0.5, 0.6) is 5.75 Å². The molecule has 7 nitrogen and oxygen atoms in total. The summed E-state index contributed by atoms with van der Waals surface area (Å²) in [4.78, 5) is 35.9. The van der Waals surface area contributed by atoms with Gasteiger partial charge in [0.25, 0.3) is 11.7 Å². The zero-order valence-corrected chi connectivity index (χ0v) is 17.4. The Kier molecular flexibility index (Phi) is 4.93. The normalized spacial score (nSPS) is 21.5. The highest BCUT2D eigenvalue weighted by atomic mass is 16.5. The van der Waals surface area contributed by atoms with Gasteiger partial charge < -0.3 is 14.7 Å². The summed E-state index contributed by atoms with van der Waals surface area (Å²) >= 11 is 0. The number of carbonyl (C=O) groups is 2. The fourth-order valence-corrected chi connectivity index (χ4v) is 4.34. The molecule has 1 aromatic carbocycles. The number of carbonyl (C=O) groups excluding carboxylic acids is 2. The Morgan fingerprint density at radius 3 is 2.62 bits per heavy atom. The summed E-state index contributed by atoms with van der Waals surface area (Å²) < 4.78 is 5.74. The van der Waals surface area contributed by atoms with Crippen LogP contribution in [0, 0.1) is 0 Å². The number of aliphatic hydroxyl groups is 1. The molecular formula is C25H21N3O4. The van der Waals surface area contributed by atoms with Gasteiger partial charge in [-0.2, -0.15) is 0 Å². The Morgan fingerprint density at radius 2 is 1.91 bits per heavy atom. The molecule has 0 bridgehead atoms. The van der Waals surface area contributed by atoms with E-state index in [1.165, 1.54) is 4.90 Å². The highest BCUT2D eigenvalue weighted by Gasteiger charge is 2.46. The van der Waals surface area contributed by atoms with E-state index < -0.39 is 17.7 Å². The zero-order valence-electron chi connectivity index (χ0n) is 17.4. The lowest BCUT2D eigenvalue weighted by Gasteiger charge is -2.25. The Morgan fingerprint density at radius 1 is 1.12 bits per heavy atom. The third kappa shape index (κ3) is 3.41. The molecule has 0 unspecified atom stereocenters. The maximum atomic E-state index is 13.1. The lowest BCUT2D eigenvalue weighted by Crippen LogP contribution is -2.29. The fourth-order valence-electron chi connectivity index (χ4n) is 4.34. The number of hydrogen-bond acceptors (Lipinski definition) is 6. The van der Waals surface area contributed by atoms with E-state index in [9.17, 15) is 14.7 Å². The van der Waals surface area contributed by atoms with E-state index in [2.05, 4.69) is 9.97 Å². The van der Waals surface area contributed by atoms with Crippen LogP contribution in [0.3, 0.4) is 0 Å². The number of pyridine rings is 2. The molecular weight excluding hydrogens is 406 g/mol. The predicted octanol–water partition coefficient (Wildman–Crippen LogP) is 3.42. The van der Waals surface area contributed by atoms with Gasteiger partial charge in [-0.25, -0.2) is 0 Å². The zero-order chi connectivity index (χ0) is 22.2. The number of rotatable bonds is 4. The van der Waals surface area contributed by atoms with E-state index >= 15 is 0 Å². The second kappa shape index (κ2) is 7.92. The molecule has 0 aliphatic carbocycles. The molecule has 32 heavy (non-hydrogen) atoms. The third-order valence-corrected chi connectivity index (χ3v) is 5.79. The largest absolute Gasteiger partial charge is 0.507 e.